The summed E-state index contributed by atoms with van der Waals surface area (Å²) in [4.78, 5) is 14.8. The van der Waals surface area contributed by atoms with Crippen LogP contribution in [0.4, 0.5) is 0 Å². The molecule has 3 rings (SSSR count). The molecule has 2 aliphatic rings. The van der Waals surface area contributed by atoms with Gasteiger partial charge in [-0.15, -0.1) is 0 Å². The molecule has 126 valence electrons. The lowest BCUT2D eigenvalue weighted by atomic mass is 9.93. The number of benzene rings is 1. The normalized spacial score (nSPS) is 22.5. The molecule has 2 saturated heterocycles. The van der Waals surface area contributed by atoms with E-state index in [4.69, 9.17) is 11.6 Å². The molecule has 0 aliphatic carbocycles. The molecule has 0 saturated carbocycles. The SMILES string of the molecule is O=C(CCC1CCNCC1)N1CCC[C@@H]1Cc1ccccc1Cl. The number of rotatable bonds is 5. The summed E-state index contributed by atoms with van der Waals surface area (Å²) < 4.78 is 0. The number of hydrogen-bond acceptors (Lipinski definition) is 2. The van der Waals surface area contributed by atoms with Crippen molar-refractivity contribution < 1.29 is 4.79 Å². The quantitative estimate of drug-likeness (QED) is 0.891. The van der Waals surface area contributed by atoms with E-state index < -0.39 is 0 Å². The topological polar surface area (TPSA) is 32.3 Å². The Bertz CT molecular complexity index is 528. The predicted octanol–water partition coefficient (Wildman–Crippen LogP) is 3.65. The number of nitrogens with zero attached hydrogens (tertiary/aromatic N) is 1. The average molecular weight is 335 g/mol. The van der Waals surface area contributed by atoms with Crippen molar-refractivity contribution in [3.8, 4) is 0 Å². The van der Waals surface area contributed by atoms with Gasteiger partial charge in [-0.2, -0.15) is 0 Å². The highest BCUT2D eigenvalue weighted by Gasteiger charge is 2.29. The van der Waals surface area contributed by atoms with Gasteiger partial charge in [0, 0.05) is 24.0 Å². The van der Waals surface area contributed by atoms with Crippen molar-refractivity contribution in [1.29, 1.82) is 0 Å². The van der Waals surface area contributed by atoms with Gasteiger partial charge in [-0.25, -0.2) is 0 Å². The van der Waals surface area contributed by atoms with Crippen LogP contribution in [0.2, 0.25) is 5.02 Å². The predicted molar refractivity (Wildman–Crippen MR) is 94.7 cm³/mol. The Balaban J connectivity index is 1.53. The van der Waals surface area contributed by atoms with Crippen molar-refractivity contribution in [2.75, 3.05) is 19.6 Å². The summed E-state index contributed by atoms with van der Waals surface area (Å²) >= 11 is 6.28. The first-order valence-corrected chi connectivity index (χ1v) is 9.35. The Labute approximate surface area is 144 Å². The molecule has 1 N–H and O–H groups in total. The largest absolute Gasteiger partial charge is 0.339 e. The van der Waals surface area contributed by atoms with E-state index in [1.54, 1.807) is 0 Å². The molecule has 3 nitrogen and oxygen atoms in total. The maximum Gasteiger partial charge on any atom is 0.222 e. The number of carbonyl (C=O) groups is 1. The van der Waals surface area contributed by atoms with Crippen molar-refractivity contribution in [2.24, 2.45) is 5.92 Å². The minimum absolute atomic E-state index is 0.329. The van der Waals surface area contributed by atoms with Crippen LogP contribution >= 0.6 is 11.6 Å². The molecular weight excluding hydrogens is 308 g/mol. The van der Waals surface area contributed by atoms with Crippen molar-refractivity contribution in [3.05, 3.63) is 34.9 Å². The van der Waals surface area contributed by atoms with E-state index in [0.29, 0.717) is 18.4 Å². The molecule has 0 spiro atoms. The van der Waals surface area contributed by atoms with Gasteiger partial charge < -0.3 is 10.2 Å². The number of likely N-dealkylation sites (tertiary alicyclic amines) is 1. The highest BCUT2D eigenvalue weighted by atomic mass is 35.5. The number of piperidine rings is 1. The van der Waals surface area contributed by atoms with Gasteiger partial charge in [-0.1, -0.05) is 29.8 Å². The molecule has 23 heavy (non-hydrogen) atoms. The van der Waals surface area contributed by atoms with E-state index in [1.165, 1.54) is 12.8 Å². The van der Waals surface area contributed by atoms with Crippen LogP contribution in [0, 0.1) is 5.92 Å². The highest BCUT2D eigenvalue weighted by molar-refractivity contribution is 6.31. The number of hydrogen-bond donors (Lipinski definition) is 1. The summed E-state index contributed by atoms with van der Waals surface area (Å²) in [5.41, 5.74) is 1.16. The summed E-state index contributed by atoms with van der Waals surface area (Å²) in [7, 11) is 0. The van der Waals surface area contributed by atoms with E-state index in [1.807, 2.05) is 18.2 Å². The molecule has 2 aliphatic heterocycles. The van der Waals surface area contributed by atoms with Crippen LogP contribution in [0.3, 0.4) is 0 Å². The second-order valence-corrected chi connectivity index (χ2v) is 7.32. The van der Waals surface area contributed by atoms with Gasteiger partial charge in [0.1, 0.15) is 0 Å². The minimum atomic E-state index is 0.329. The van der Waals surface area contributed by atoms with E-state index in [-0.39, 0.29) is 0 Å². The van der Waals surface area contributed by atoms with Crippen molar-refractivity contribution in [2.45, 2.75) is 51.0 Å². The second-order valence-electron chi connectivity index (χ2n) is 6.91. The Morgan fingerprint density at radius 3 is 2.78 bits per heavy atom. The zero-order valence-electron chi connectivity index (χ0n) is 13.8. The maximum atomic E-state index is 12.7. The Hall–Kier alpha value is -1.06. The Morgan fingerprint density at radius 1 is 1.22 bits per heavy atom. The zero-order valence-corrected chi connectivity index (χ0v) is 14.5. The molecule has 0 radical (unpaired) electrons. The molecule has 1 amide bonds. The van der Waals surface area contributed by atoms with E-state index in [0.717, 1.165) is 61.8 Å². The lowest BCUT2D eigenvalue weighted by molar-refractivity contribution is -0.132. The van der Waals surface area contributed by atoms with Crippen LogP contribution in [0.25, 0.3) is 0 Å². The van der Waals surface area contributed by atoms with E-state index in [9.17, 15) is 4.79 Å². The Kier molecular flexibility index (Phi) is 5.96. The molecule has 0 aromatic heterocycles. The van der Waals surface area contributed by atoms with Crippen LogP contribution in [-0.2, 0) is 11.2 Å². The van der Waals surface area contributed by atoms with Crippen LogP contribution in [0.5, 0.6) is 0 Å². The molecule has 4 heteroatoms. The van der Waals surface area contributed by atoms with Gasteiger partial charge in [-0.3, -0.25) is 4.79 Å². The van der Waals surface area contributed by atoms with Crippen molar-refractivity contribution in [1.82, 2.24) is 10.2 Å². The monoisotopic (exact) mass is 334 g/mol. The standard InChI is InChI=1S/C19H27ClN2O/c20-18-6-2-1-4-16(18)14-17-5-3-13-22(17)19(23)8-7-15-9-11-21-12-10-15/h1-2,4,6,15,17,21H,3,5,7-14H2/t17-/m1/s1. The number of carbonyl (C=O) groups excluding carboxylic acids is 1. The summed E-state index contributed by atoms with van der Waals surface area (Å²) in [5, 5.41) is 4.21. The van der Waals surface area contributed by atoms with Crippen LogP contribution in [0.15, 0.2) is 24.3 Å². The van der Waals surface area contributed by atoms with Gasteiger partial charge >= 0.3 is 0 Å². The van der Waals surface area contributed by atoms with Crippen LogP contribution in [-0.4, -0.2) is 36.5 Å². The first-order chi connectivity index (χ1) is 11.2. The first-order valence-electron chi connectivity index (χ1n) is 8.97. The summed E-state index contributed by atoms with van der Waals surface area (Å²) in [5.74, 6) is 1.07. The number of amides is 1. The molecule has 1 aromatic carbocycles. The zero-order chi connectivity index (χ0) is 16.1. The maximum absolute atomic E-state index is 12.7. The van der Waals surface area contributed by atoms with Gasteiger partial charge in [0.25, 0.3) is 0 Å². The highest BCUT2D eigenvalue weighted by Crippen LogP contribution is 2.26. The Morgan fingerprint density at radius 2 is 2.00 bits per heavy atom. The molecule has 0 bridgehead atoms. The third-order valence-corrected chi connectivity index (χ3v) is 5.70. The third kappa shape index (κ3) is 4.48. The lowest BCUT2D eigenvalue weighted by Gasteiger charge is -2.27. The lowest BCUT2D eigenvalue weighted by Crippen LogP contribution is -2.37. The number of halogens is 1. The van der Waals surface area contributed by atoms with Gasteiger partial charge in [0.05, 0.1) is 0 Å². The smallest absolute Gasteiger partial charge is 0.222 e. The fourth-order valence-electron chi connectivity index (χ4n) is 3.94. The van der Waals surface area contributed by atoms with E-state index >= 15 is 0 Å². The number of nitrogens with one attached hydrogen (secondary N) is 1. The van der Waals surface area contributed by atoms with Crippen LogP contribution in [0.1, 0.15) is 44.1 Å². The van der Waals surface area contributed by atoms with Crippen LogP contribution < -0.4 is 5.32 Å². The van der Waals surface area contributed by atoms with Gasteiger partial charge in [-0.05, 0) is 69.2 Å². The average Bonchev–Trinajstić information content (AvgIpc) is 3.04. The summed E-state index contributed by atoms with van der Waals surface area (Å²) in [6.45, 7) is 3.13. The van der Waals surface area contributed by atoms with Gasteiger partial charge in [0.15, 0.2) is 0 Å². The third-order valence-electron chi connectivity index (χ3n) is 5.34. The minimum Gasteiger partial charge on any atom is -0.339 e. The molecule has 0 unspecified atom stereocenters. The fraction of sp³-hybridized carbons (Fsp3) is 0.632. The molecule has 1 atom stereocenters. The fourth-order valence-corrected chi connectivity index (χ4v) is 4.15. The molecule has 2 heterocycles. The first kappa shape index (κ1) is 16.8. The molecule has 1 aromatic rings. The van der Waals surface area contributed by atoms with Crippen molar-refractivity contribution >= 4 is 17.5 Å². The molecule has 2 fully saturated rings. The van der Waals surface area contributed by atoms with Crippen molar-refractivity contribution in [3.63, 3.8) is 0 Å². The molecular formula is C19H27ClN2O. The van der Waals surface area contributed by atoms with Gasteiger partial charge in [0.2, 0.25) is 5.91 Å². The summed E-state index contributed by atoms with van der Waals surface area (Å²) in [6, 6.07) is 8.34. The summed E-state index contributed by atoms with van der Waals surface area (Å²) in [6.07, 6.45) is 7.31. The second kappa shape index (κ2) is 8.16. The van der Waals surface area contributed by atoms with E-state index in [2.05, 4.69) is 16.3 Å².